The number of aliphatic hydroxyl groups is 3. The van der Waals surface area contributed by atoms with Crippen LogP contribution in [0.5, 0.6) is 0 Å². The number of ether oxygens (including phenoxy) is 1. The summed E-state index contributed by atoms with van der Waals surface area (Å²) in [6.07, 6.45) is -1.76. The number of fused-ring (bicyclic) bond motifs is 1. The van der Waals surface area contributed by atoms with Crippen molar-refractivity contribution in [2.75, 3.05) is 12.9 Å². The monoisotopic (exact) mass is 314 g/mol. The normalized spacial score (nSPS) is 29.9. The van der Waals surface area contributed by atoms with Gasteiger partial charge in [-0.05, 0) is 6.26 Å². The van der Waals surface area contributed by atoms with Crippen molar-refractivity contribution in [3.05, 3.63) is 16.7 Å². The second-order valence-electron chi connectivity index (χ2n) is 4.67. The van der Waals surface area contributed by atoms with Gasteiger partial charge in [-0.1, -0.05) is 11.8 Å². The smallest absolute Gasteiger partial charge is 0.279 e. The van der Waals surface area contributed by atoms with Crippen LogP contribution in [0.25, 0.3) is 11.2 Å². The largest absolute Gasteiger partial charge is 0.388 e. The summed E-state index contributed by atoms with van der Waals surface area (Å²) in [5.41, 5.74) is -0.0334. The molecule has 1 aliphatic rings. The fraction of sp³-hybridized carbons (Fsp3) is 0.545. The number of hydrogen-bond donors (Lipinski definition) is 4. The molecule has 0 saturated carbocycles. The number of aromatic nitrogens is 4. The van der Waals surface area contributed by atoms with Crippen LogP contribution in [0, 0.1) is 0 Å². The number of H-pyrrole nitrogens is 1. The summed E-state index contributed by atoms with van der Waals surface area (Å²) < 4.78 is 6.72. The number of aromatic amines is 1. The Morgan fingerprint density at radius 3 is 2.90 bits per heavy atom. The Bertz CT molecular complexity index is 716. The van der Waals surface area contributed by atoms with Crippen molar-refractivity contribution < 1.29 is 20.1 Å². The van der Waals surface area contributed by atoms with Crippen molar-refractivity contribution in [2.24, 2.45) is 0 Å². The summed E-state index contributed by atoms with van der Waals surface area (Å²) >= 11 is 1.26. The molecule has 0 radical (unpaired) electrons. The molecule has 0 bridgehead atoms. The van der Waals surface area contributed by atoms with Gasteiger partial charge in [0.05, 0.1) is 12.9 Å². The Hall–Kier alpha value is -1.46. The van der Waals surface area contributed by atoms with E-state index in [1.165, 1.54) is 22.7 Å². The van der Waals surface area contributed by atoms with E-state index in [1.54, 1.807) is 6.26 Å². The molecule has 4 atom stereocenters. The van der Waals surface area contributed by atoms with Crippen molar-refractivity contribution in [1.29, 1.82) is 0 Å². The zero-order chi connectivity index (χ0) is 15.1. The van der Waals surface area contributed by atoms with E-state index < -0.39 is 30.1 Å². The molecule has 3 heterocycles. The van der Waals surface area contributed by atoms with Gasteiger partial charge in [0, 0.05) is 0 Å². The Morgan fingerprint density at radius 1 is 1.43 bits per heavy atom. The fourth-order valence-corrected chi connectivity index (χ4v) is 2.60. The van der Waals surface area contributed by atoms with Crippen molar-refractivity contribution in [3.8, 4) is 0 Å². The SMILES string of the molecule is CSc1nc2c(ncn2[C@@H]2OC[C@@H](O)[C@H](O)[C@H]2O)c(=O)[nH]1. The van der Waals surface area contributed by atoms with Crippen LogP contribution < -0.4 is 5.56 Å². The number of hydrogen-bond acceptors (Lipinski definition) is 8. The molecule has 0 aromatic carbocycles. The lowest BCUT2D eigenvalue weighted by molar-refractivity contribution is -0.210. The summed E-state index contributed by atoms with van der Waals surface area (Å²) in [5, 5.41) is 29.6. The van der Waals surface area contributed by atoms with E-state index in [0.717, 1.165) is 0 Å². The molecule has 3 rings (SSSR count). The van der Waals surface area contributed by atoms with Gasteiger partial charge in [-0.2, -0.15) is 0 Å². The molecule has 2 aromatic heterocycles. The van der Waals surface area contributed by atoms with E-state index in [1.807, 2.05) is 0 Å². The summed E-state index contributed by atoms with van der Waals surface area (Å²) in [5.74, 6) is 0. The lowest BCUT2D eigenvalue weighted by Crippen LogP contribution is -2.50. The number of rotatable bonds is 2. The standard InChI is InChI=1S/C11H14N4O5S/c1-21-11-13-8-5(9(19)14-11)12-3-15(8)10-7(18)6(17)4(16)2-20-10/h3-4,6-7,10,16-18H,2H2,1H3,(H,13,14,19)/t4-,6+,7-,10-/m1/s1. The molecule has 21 heavy (non-hydrogen) atoms. The minimum absolute atomic E-state index is 0.115. The van der Waals surface area contributed by atoms with Crippen LogP contribution in [-0.4, -0.2) is 66.0 Å². The van der Waals surface area contributed by atoms with Crippen LogP contribution in [0.1, 0.15) is 6.23 Å². The van der Waals surface area contributed by atoms with Gasteiger partial charge in [-0.3, -0.25) is 14.3 Å². The van der Waals surface area contributed by atoms with Crippen molar-refractivity contribution in [1.82, 2.24) is 19.5 Å². The van der Waals surface area contributed by atoms with Gasteiger partial charge in [0.15, 0.2) is 22.5 Å². The predicted molar refractivity (Wildman–Crippen MR) is 72.9 cm³/mol. The van der Waals surface area contributed by atoms with Crippen molar-refractivity contribution in [3.63, 3.8) is 0 Å². The molecule has 0 amide bonds. The predicted octanol–water partition coefficient (Wildman–Crippen LogP) is -1.55. The van der Waals surface area contributed by atoms with Gasteiger partial charge in [0.1, 0.15) is 18.3 Å². The average Bonchev–Trinajstić information content (AvgIpc) is 2.89. The quantitative estimate of drug-likeness (QED) is 0.387. The Kier molecular flexibility index (Phi) is 3.71. The first-order valence-electron chi connectivity index (χ1n) is 6.19. The van der Waals surface area contributed by atoms with E-state index >= 15 is 0 Å². The highest BCUT2D eigenvalue weighted by atomic mass is 32.2. The lowest BCUT2D eigenvalue weighted by atomic mass is 10.0. The van der Waals surface area contributed by atoms with E-state index in [9.17, 15) is 20.1 Å². The fourth-order valence-electron chi connectivity index (χ4n) is 2.22. The molecule has 0 aliphatic carbocycles. The maximum atomic E-state index is 11.9. The van der Waals surface area contributed by atoms with Gasteiger partial charge < -0.3 is 20.1 Å². The summed E-state index contributed by atoms with van der Waals surface area (Å²) in [7, 11) is 0. The highest BCUT2D eigenvalue weighted by Gasteiger charge is 2.39. The van der Waals surface area contributed by atoms with Gasteiger partial charge in [0.25, 0.3) is 5.56 Å². The van der Waals surface area contributed by atoms with Gasteiger partial charge in [-0.25, -0.2) is 9.97 Å². The summed E-state index contributed by atoms with van der Waals surface area (Å²) in [6, 6.07) is 0. The minimum Gasteiger partial charge on any atom is -0.388 e. The molecule has 2 aromatic rings. The molecule has 4 N–H and O–H groups in total. The van der Waals surface area contributed by atoms with Crippen LogP contribution >= 0.6 is 11.8 Å². The third kappa shape index (κ3) is 2.34. The number of aliphatic hydroxyl groups excluding tert-OH is 3. The minimum atomic E-state index is -1.36. The number of nitrogens with zero attached hydrogens (tertiary/aromatic N) is 3. The van der Waals surface area contributed by atoms with Crippen LogP contribution in [0.3, 0.4) is 0 Å². The van der Waals surface area contributed by atoms with Crippen molar-refractivity contribution in [2.45, 2.75) is 29.7 Å². The first-order chi connectivity index (χ1) is 10.0. The summed E-state index contributed by atoms with van der Waals surface area (Å²) in [4.78, 5) is 22.6. The van der Waals surface area contributed by atoms with Crippen molar-refractivity contribution >= 4 is 22.9 Å². The molecular formula is C11H14N4O5S. The molecule has 1 aliphatic heterocycles. The number of thioether (sulfide) groups is 1. The zero-order valence-corrected chi connectivity index (χ0v) is 11.8. The topological polar surface area (TPSA) is 133 Å². The zero-order valence-electron chi connectivity index (χ0n) is 11.0. The van der Waals surface area contributed by atoms with Gasteiger partial charge >= 0.3 is 0 Å². The Morgan fingerprint density at radius 2 is 2.19 bits per heavy atom. The third-order valence-corrected chi connectivity index (χ3v) is 3.93. The molecule has 1 fully saturated rings. The molecule has 1 saturated heterocycles. The maximum absolute atomic E-state index is 11.9. The van der Waals surface area contributed by atoms with E-state index in [-0.39, 0.29) is 17.8 Å². The average molecular weight is 314 g/mol. The lowest BCUT2D eigenvalue weighted by Gasteiger charge is -2.35. The maximum Gasteiger partial charge on any atom is 0.279 e. The molecule has 0 unspecified atom stereocenters. The number of nitrogens with one attached hydrogen (secondary N) is 1. The van der Waals surface area contributed by atoms with Gasteiger partial charge in [0.2, 0.25) is 0 Å². The van der Waals surface area contributed by atoms with Crippen LogP contribution in [-0.2, 0) is 4.74 Å². The van der Waals surface area contributed by atoms with Gasteiger partial charge in [-0.15, -0.1) is 0 Å². The Labute approximate surface area is 122 Å². The molecule has 9 nitrogen and oxygen atoms in total. The Balaban J connectivity index is 2.08. The van der Waals surface area contributed by atoms with E-state index in [4.69, 9.17) is 4.74 Å². The summed E-state index contributed by atoms with van der Waals surface area (Å²) in [6.45, 7) is -0.138. The first kappa shape index (κ1) is 14.5. The van der Waals surface area contributed by atoms with Crippen LogP contribution in [0.15, 0.2) is 16.3 Å². The highest BCUT2D eigenvalue weighted by molar-refractivity contribution is 7.98. The molecule has 114 valence electrons. The highest BCUT2D eigenvalue weighted by Crippen LogP contribution is 2.26. The van der Waals surface area contributed by atoms with Crippen LogP contribution in [0.2, 0.25) is 0 Å². The van der Waals surface area contributed by atoms with E-state index in [2.05, 4.69) is 15.0 Å². The molecule has 0 spiro atoms. The first-order valence-corrected chi connectivity index (χ1v) is 7.42. The van der Waals surface area contributed by atoms with Crippen LogP contribution in [0.4, 0.5) is 0 Å². The molecular weight excluding hydrogens is 300 g/mol. The third-order valence-electron chi connectivity index (χ3n) is 3.35. The second-order valence-corrected chi connectivity index (χ2v) is 5.47. The second kappa shape index (κ2) is 5.39. The molecule has 10 heteroatoms. The number of imidazole rings is 1. The van der Waals surface area contributed by atoms with E-state index in [0.29, 0.717) is 5.16 Å².